The lowest BCUT2D eigenvalue weighted by atomic mass is 10.2. The van der Waals surface area contributed by atoms with Gasteiger partial charge in [0.2, 0.25) is 0 Å². The van der Waals surface area contributed by atoms with Crippen molar-refractivity contribution >= 4 is 34.9 Å². The molecule has 0 atom stereocenters. The van der Waals surface area contributed by atoms with Crippen molar-refractivity contribution in [1.82, 2.24) is 0 Å². The van der Waals surface area contributed by atoms with Crippen molar-refractivity contribution in [2.75, 3.05) is 31.2 Å². The fourth-order valence-corrected chi connectivity index (χ4v) is 1.75. The number of ether oxygens (including phenoxy) is 1. The Morgan fingerprint density at radius 2 is 1.75 bits per heavy atom. The Balaban J connectivity index is 0.00000128. The van der Waals surface area contributed by atoms with Crippen LogP contribution in [0.3, 0.4) is 0 Å². The largest absolute Gasteiger partial charge is 0.378 e. The number of rotatable bonds is 2. The van der Waals surface area contributed by atoms with Crippen molar-refractivity contribution in [3.05, 3.63) is 29.8 Å². The second kappa shape index (κ2) is 6.09. The van der Waals surface area contributed by atoms with Gasteiger partial charge in [-0.05, 0) is 35.9 Å². The minimum absolute atomic E-state index is 0. The van der Waals surface area contributed by atoms with Crippen molar-refractivity contribution in [1.29, 1.82) is 0 Å². The molecule has 88 valence electrons. The van der Waals surface area contributed by atoms with Crippen molar-refractivity contribution < 1.29 is 9.53 Å². The highest BCUT2D eigenvalue weighted by molar-refractivity contribution is 6.67. The third-order valence-electron chi connectivity index (χ3n) is 2.47. The standard InChI is InChI=1S/C11H12ClNO2.ClH/c12-11(14)9-1-3-10(4-2-9)13-5-7-15-8-6-13;/h1-4H,5-8H2;1H. The molecule has 1 aromatic rings. The Labute approximate surface area is 106 Å². The van der Waals surface area contributed by atoms with E-state index in [2.05, 4.69) is 4.90 Å². The van der Waals surface area contributed by atoms with Crippen LogP contribution in [0.25, 0.3) is 0 Å². The summed E-state index contributed by atoms with van der Waals surface area (Å²) in [6.45, 7) is 3.31. The van der Waals surface area contributed by atoms with Crippen LogP contribution < -0.4 is 4.90 Å². The van der Waals surface area contributed by atoms with E-state index in [-0.39, 0.29) is 12.4 Å². The highest BCUT2D eigenvalue weighted by Gasteiger charge is 2.11. The predicted molar refractivity (Wildman–Crippen MR) is 66.9 cm³/mol. The van der Waals surface area contributed by atoms with E-state index >= 15 is 0 Å². The van der Waals surface area contributed by atoms with Gasteiger partial charge in [0.1, 0.15) is 0 Å². The summed E-state index contributed by atoms with van der Waals surface area (Å²) >= 11 is 5.37. The Morgan fingerprint density at radius 1 is 1.19 bits per heavy atom. The second-order valence-electron chi connectivity index (χ2n) is 3.42. The minimum atomic E-state index is -0.413. The van der Waals surface area contributed by atoms with Crippen LogP contribution in [0.4, 0.5) is 5.69 Å². The number of anilines is 1. The number of halogens is 2. The zero-order valence-electron chi connectivity index (χ0n) is 8.69. The zero-order chi connectivity index (χ0) is 10.7. The summed E-state index contributed by atoms with van der Waals surface area (Å²) < 4.78 is 5.27. The third-order valence-corrected chi connectivity index (χ3v) is 2.69. The third kappa shape index (κ3) is 3.11. The molecule has 3 nitrogen and oxygen atoms in total. The zero-order valence-corrected chi connectivity index (χ0v) is 10.3. The fourth-order valence-electron chi connectivity index (χ4n) is 1.62. The quantitative estimate of drug-likeness (QED) is 0.766. The summed E-state index contributed by atoms with van der Waals surface area (Å²) in [5.74, 6) is 0. The Kier molecular flexibility index (Phi) is 5.06. The molecule has 1 aliphatic heterocycles. The molecular weight excluding hydrogens is 249 g/mol. The van der Waals surface area contributed by atoms with Crippen LogP contribution in [0.1, 0.15) is 10.4 Å². The first-order chi connectivity index (χ1) is 7.27. The van der Waals surface area contributed by atoms with Gasteiger partial charge in [-0.15, -0.1) is 12.4 Å². The van der Waals surface area contributed by atoms with Gasteiger partial charge in [-0.2, -0.15) is 0 Å². The van der Waals surface area contributed by atoms with Crippen LogP contribution >= 0.6 is 24.0 Å². The Bertz CT molecular complexity index is 348. The SMILES string of the molecule is Cl.O=C(Cl)c1ccc(N2CCOCC2)cc1. The van der Waals surface area contributed by atoms with E-state index < -0.39 is 5.24 Å². The van der Waals surface area contributed by atoms with Gasteiger partial charge in [-0.25, -0.2) is 0 Å². The molecule has 1 fully saturated rings. The minimum Gasteiger partial charge on any atom is -0.378 e. The summed E-state index contributed by atoms with van der Waals surface area (Å²) in [5, 5.41) is -0.413. The molecule has 2 rings (SSSR count). The summed E-state index contributed by atoms with van der Waals surface area (Å²) in [6, 6.07) is 7.34. The number of carbonyl (C=O) groups excluding carboxylic acids is 1. The predicted octanol–water partition coefficient (Wildman–Crippen LogP) is 2.32. The van der Waals surface area contributed by atoms with Crippen LogP contribution in [0.2, 0.25) is 0 Å². The maximum atomic E-state index is 10.9. The molecule has 0 spiro atoms. The summed E-state index contributed by atoms with van der Waals surface area (Å²) in [6.07, 6.45) is 0. The number of morpholine rings is 1. The molecule has 0 N–H and O–H groups in total. The second-order valence-corrected chi connectivity index (χ2v) is 3.76. The molecule has 1 aliphatic rings. The summed E-state index contributed by atoms with van der Waals surface area (Å²) in [7, 11) is 0. The van der Waals surface area contributed by atoms with Crippen molar-refractivity contribution in [3.63, 3.8) is 0 Å². The van der Waals surface area contributed by atoms with Gasteiger partial charge in [-0.1, -0.05) is 0 Å². The highest BCUT2D eigenvalue weighted by atomic mass is 35.5. The molecule has 1 saturated heterocycles. The van der Waals surface area contributed by atoms with Crippen LogP contribution in [0, 0.1) is 0 Å². The number of nitrogens with zero attached hydrogens (tertiary/aromatic N) is 1. The molecule has 0 aliphatic carbocycles. The Morgan fingerprint density at radius 3 is 2.25 bits per heavy atom. The van der Waals surface area contributed by atoms with E-state index in [1.165, 1.54) is 0 Å². The van der Waals surface area contributed by atoms with Crippen LogP contribution in [-0.2, 0) is 4.74 Å². The average molecular weight is 262 g/mol. The van der Waals surface area contributed by atoms with Crippen molar-refractivity contribution in [2.24, 2.45) is 0 Å². The average Bonchev–Trinajstić information content (AvgIpc) is 2.30. The van der Waals surface area contributed by atoms with Crippen LogP contribution in [0.15, 0.2) is 24.3 Å². The molecule has 0 radical (unpaired) electrons. The van der Waals surface area contributed by atoms with Gasteiger partial charge in [0.25, 0.3) is 5.24 Å². The van der Waals surface area contributed by atoms with E-state index in [0.717, 1.165) is 32.0 Å². The molecule has 1 heterocycles. The van der Waals surface area contributed by atoms with Gasteiger partial charge >= 0.3 is 0 Å². The lowest BCUT2D eigenvalue weighted by Crippen LogP contribution is -2.36. The molecule has 0 bridgehead atoms. The molecule has 16 heavy (non-hydrogen) atoms. The molecule has 0 unspecified atom stereocenters. The van der Waals surface area contributed by atoms with Crippen LogP contribution in [0.5, 0.6) is 0 Å². The molecule has 0 amide bonds. The Hall–Kier alpha value is -0.770. The monoisotopic (exact) mass is 261 g/mol. The van der Waals surface area contributed by atoms with E-state index in [0.29, 0.717) is 5.56 Å². The summed E-state index contributed by atoms with van der Waals surface area (Å²) in [4.78, 5) is 13.1. The molecule has 0 aromatic heterocycles. The summed E-state index contributed by atoms with van der Waals surface area (Å²) in [5.41, 5.74) is 1.65. The van der Waals surface area contributed by atoms with E-state index in [4.69, 9.17) is 16.3 Å². The number of hydrogen-bond donors (Lipinski definition) is 0. The van der Waals surface area contributed by atoms with Gasteiger partial charge in [0.15, 0.2) is 0 Å². The first-order valence-corrected chi connectivity index (χ1v) is 5.28. The lowest BCUT2D eigenvalue weighted by molar-refractivity contribution is 0.108. The maximum absolute atomic E-state index is 10.9. The smallest absolute Gasteiger partial charge is 0.252 e. The van der Waals surface area contributed by atoms with Crippen molar-refractivity contribution in [3.8, 4) is 0 Å². The number of hydrogen-bond acceptors (Lipinski definition) is 3. The van der Waals surface area contributed by atoms with E-state index in [1.54, 1.807) is 12.1 Å². The van der Waals surface area contributed by atoms with Gasteiger partial charge in [0.05, 0.1) is 13.2 Å². The van der Waals surface area contributed by atoms with Crippen LogP contribution in [-0.4, -0.2) is 31.5 Å². The van der Waals surface area contributed by atoms with Gasteiger partial charge < -0.3 is 9.64 Å². The molecule has 5 heteroatoms. The van der Waals surface area contributed by atoms with Gasteiger partial charge in [-0.3, -0.25) is 4.79 Å². The van der Waals surface area contributed by atoms with E-state index in [9.17, 15) is 4.79 Å². The number of carbonyl (C=O) groups is 1. The molecular formula is C11H13Cl2NO2. The molecule has 1 aromatic carbocycles. The fraction of sp³-hybridized carbons (Fsp3) is 0.364. The van der Waals surface area contributed by atoms with Crippen molar-refractivity contribution in [2.45, 2.75) is 0 Å². The highest BCUT2D eigenvalue weighted by Crippen LogP contribution is 2.17. The normalized spacial score (nSPS) is 15.4. The molecule has 0 saturated carbocycles. The van der Waals surface area contributed by atoms with Gasteiger partial charge in [0, 0.05) is 24.3 Å². The van der Waals surface area contributed by atoms with E-state index in [1.807, 2.05) is 12.1 Å². The first kappa shape index (κ1) is 13.3. The first-order valence-electron chi connectivity index (χ1n) is 4.90. The lowest BCUT2D eigenvalue weighted by Gasteiger charge is -2.28. The topological polar surface area (TPSA) is 29.5 Å². The number of benzene rings is 1. The maximum Gasteiger partial charge on any atom is 0.252 e.